The molecule has 1 aliphatic rings. The Morgan fingerprint density at radius 1 is 1.47 bits per heavy atom. The summed E-state index contributed by atoms with van der Waals surface area (Å²) in [6.45, 7) is 9.05. The SMILES string of the molecule is C=C(Cl)CNC1c2ccccc2CCC1(C)C. The standard InChI is InChI=1S/C15H20ClN/c1-11(16)10-17-14-13-7-5-4-6-12(13)8-9-15(14,2)3/h4-7,14,17H,1,8-10H2,2-3H3. The smallest absolute Gasteiger partial charge is 0.0377 e. The average molecular weight is 250 g/mol. The molecule has 1 aromatic carbocycles. The molecule has 0 aliphatic heterocycles. The fraction of sp³-hybridized carbons (Fsp3) is 0.467. The van der Waals surface area contributed by atoms with Crippen molar-refractivity contribution in [2.75, 3.05) is 6.54 Å². The molecular weight excluding hydrogens is 230 g/mol. The van der Waals surface area contributed by atoms with E-state index in [0.717, 1.165) is 0 Å². The van der Waals surface area contributed by atoms with E-state index < -0.39 is 0 Å². The summed E-state index contributed by atoms with van der Waals surface area (Å²) in [5.74, 6) is 0. The molecule has 1 aromatic rings. The fourth-order valence-corrected chi connectivity index (χ4v) is 2.74. The first-order valence-corrected chi connectivity index (χ1v) is 6.53. The van der Waals surface area contributed by atoms with E-state index in [4.69, 9.17) is 11.6 Å². The zero-order valence-corrected chi connectivity index (χ0v) is 11.3. The Labute approximate surface area is 109 Å². The van der Waals surface area contributed by atoms with Crippen LogP contribution in [0.1, 0.15) is 37.4 Å². The van der Waals surface area contributed by atoms with Crippen molar-refractivity contribution in [2.45, 2.75) is 32.7 Å². The number of aryl methyl sites for hydroxylation is 1. The predicted molar refractivity (Wildman–Crippen MR) is 74.3 cm³/mol. The van der Waals surface area contributed by atoms with Crippen LogP contribution in [0, 0.1) is 5.41 Å². The van der Waals surface area contributed by atoms with Crippen LogP contribution in [0.5, 0.6) is 0 Å². The van der Waals surface area contributed by atoms with Crippen LogP contribution in [0.4, 0.5) is 0 Å². The molecule has 1 atom stereocenters. The topological polar surface area (TPSA) is 12.0 Å². The number of benzene rings is 1. The Kier molecular flexibility index (Phi) is 3.60. The molecule has 0 fully saturated rings. The minimum absolute atomic E-state index is 0.265. The fourth-order valence-electron chi connectivity index (χ4n) is 2.66. The van der Waals surface area contributed by atoms with Crippen LogP contribution < -0.4 is 5.32 Å². The van der Waals surface area contributed by atoms with Crippen molar-refractivity contribution in [1.29, 1.82) is 0 Å². The van der Waals surface area contributed by atoms with Crippen LogP contribution in [0.3, 0.4) is 0 Å². The predicted octanol–water partition coefficient (Wildman–Crippen LogP) is 4.04. The van der Waals surface area contributed by atoms with Crippen LogP contribution in [-0.2, 0) is 6.42 Å². The summed E-state index contributed by atoms with van der Waals surface area (Å²) < 4.78 is 0. The van der Waals surface area contributed by atoms with E-state index in [9.17, 15) is 0 Å². The van der Waals surface area contributed by atoms with Gasteiger partial charge in [-0.1, -0.05) is 56.3 Å². The normalized spacial score (nSPS) is 21.9. The lowest BCUT2D eigenvalue weighted by molar-refractivity contribution is 0.214. The molecule has 0 heterocycles. The third-order valence-electron chi connectivity index (χ3n) is 3.68. The Balaban J connectivity index is 2.28. The molecule has 0 aromatic heterocycles. The van der Waals surface area contributed by atoms with E-state index in [1.54, 1.807) is 0 Å². The first kappa shape index (κ1) is 12.7. The summed E-state index contributed by atoms with van der Waals surface area (Å²) in [6, 6.07) is 9.06. The number of nitrogens with one attached hydrogen (secondary N) is 1. The number of fused-ring (bicyclic) bond motifs is 1. The van der Waals surface area contributed by atoms with Crippen LogP contribution in [0.25, 0.3) is 0 Å². The monoisotopic (exact) mass is 249 g/mol. The first-order chi connectivity index (χ1) is 8.00. The van der Waals surface area contributed by atoms with Gasteiger partial charge in [0.25, 0.3) is 0 Å². The first-order valence-electron chi connectivity index (χ1n) is 6.15. The summed E-state index contributed by atoms with van der Waals surface area (Å²) >= 11 is 5.86. The zero-order chi connectivity index (χ0) is 12.5. The lowest BCUT2D eigenvalue weighted by Gasteiger charge is -2.40. The number of halogens is 1. The number of hydrogen-bond donors (Lipinski definition) is 1. The molecule has 1 nitrogen and oxygen atoms in total. The summed E-state index contributed by atoms with van der Waals surface area (Å²) in [7, 11) is 0. The average Bonchev–Trinajstić information content (AvgIpc) is 2.27. The van der Waals surface area contributed by atoms with Crippen LogP contribution in [0.15, 0.2) is 35.9 Å². The minimum atomic E-state index is 0.265. The third kappa shape index (κ3) is 2.72. The van der Waals surface area contributed by atoms with E-state index >= 15 is 0 Å². The van der Waals surface area contributed by atoms with Crippen LogP contribution >= 0.6 is 11.6 Å². The molecular formula is C15H20ClN. The van der Waals surface area contributed by atoms with E-state index in [-0.39, 0.29) is 5.41 Å². The quantitative estimate of drug-likeness (QED) is 0.853. The van der Waals surface area contributed by atoms with E-state index in [0.29, 0.717) is 17.6 Å². The largest absolute Gasteiger partial charge is 0.304 e. The molecule has 92 valence electrons. The van der Waals surface area contributed by atoms with Crippen LogP contribution in [0.2, 0.25) is 0 Å². The molecule has 0 saturated carbocycles. The zero-order valence-electron chi connectivity index (χ0n) is 10.6. The molecule has 17 heavy (non-hydrogen) atoms. The lowest BCUT2D eigenvalue weighted by atomic mass is 9.70. The molecule has 2 rings (SSSR count). The van der Waals surface area contributed by atoms with E-state index in [1.807, 2.05) is 0 Å². The van der Waals surface area contributed by atoms with Gasteiger partial charge in [0.2, 0.25) is 0 Å². The molecule has 0 bridgehead atoms. The van der Waals surface area contributed by atoms with E-state index in [1.165, 1.54) is 24.0 Å². The molecule has 1 unspecified atom stereocenters. The van der Waals surface area contributed by atoms with Crippen molar-refractivity contribution in [3.8, 4) is 0 Å². The Morgan fingerprint density at radius 3 is 2.88 bits per heavy atom. The highest BCUT2D eigenvalue weighted by molar-refractivity contribution is 6.29. The molecule has 0 spiro atoms. The molecule has 2 heteroatoms. The Bertz CT molecular complexity index is 423. The maximum absolute atomic E-state index is 5.86. The third-order valence-corrected chi connectivity index (χ3v) is 3.82. The molecule has 0 radical (unpaired) electrons. The lowest BCUT2D eigenvalue weighted by Crippen LogP contribution is -2.38. The maximum atomic E-state index is 5.86. The second-order valence-corrected chi connectivity index (χ2v) is 6.05. The van der Waals surface area contributed by atoms with Crippen molar-refractivity contribution in [3.63, 3.8) is 0 Å². The van der Waals surface area contributed by atoms with Gasteiger partial charge in [0.15, 0.2) is 0 Å². The van der Waals surface area contributed by atoms with Gasteiger partial charge in [0.1, 0.15) is 0 Å². The summed E-state index contributed by atoms with van der Waals surface area (Å²) in [5.41, 5.74) is 3.15. The van der Waals surface area contributed by atoms with Crippen LogP contribution in [-0.4, -0.2) is 6.54 Å². The highest BCUT2D eigenvalue weighted by atomic mass is 35.5. The van der Waals surface area contributed by atoms with Gasteiger partial charge in [-0.25, -0.2) is 0 Å². The maximum Gasteiger partial charge on any atom is 0.0377 e. The van der Waals surface area contributed by atoms with Crippen molar-refractivity contribution in [1.82, 2.24) is 5.32 Å². The molecule has 1 aliphatic carbocycles. The summed E-state index contributed by atoms with van der Waals surface area (Å²) in [6.07, 6.45) is 2.37. The summed E-state index contributed by atoms with van der Waals surface area (Å²) in [5, 5.41) is 4.21. The van der Waals surface area contributed by atoms with Crippen molar-refractivity contribution < 1.29 is 0 Å². The van der Waals surface area contributed by atoms with Crippen molar-refractivity contribution >= 4 is 11.6 Å². The molecule has 1 N–H and O–H groups in total. The van der Waals surface area contributed by atoms with Crippen molar-refractivity contribution in [2.24, 2.45) is 5.41 Å². The minimum Gasteiger partial charge on any atom is -0.304 e. The number of hydrogen-bond acceptors (Lipinski definition) is 1. The van der Waals surface area contributed by atoms with Gasteiger partial charge in [-0.05, 0) is 29.4 Å². The molecule has 0 saturated heterocycles. The Morgan fingerprint density at radius 2 is 2.18 bits per heavy atom. The van der Waals surface area contributed by atoms with Gasteiger partial charge in [-0.3, -0.25) is 0 Å². The van der Waals surface area contributed by atoms with Gasteiger partial charge in [0.05, 0.1) is 0 Å². The van der Waals surface area contributed by atoms with Gasteiger partial charge in [-0.2, -0.15) is 0 Å². The Hall–Kier alpha value is -0.790. The second-order valence-electron chi connectivity index (χ2n) is 5.52. The highest BCUT2D eigenvalue weighted by Gasteiger charge is 2.35. The van der Waals surface area contributed by atoms with E-state index in [2.05, 4.69) is 50.0 Å². The molecule has 0 amide bonds. The van der Waals surface area contributed by atoms with Gasteiger partial charge < -0.3 is 5.32 Å². The number of rotatable bonds is 3. The highest BCUT2D eigenvalue weighted by Crippen LogP contribution is 2.43. The van der Waals surface area contributed by atoms with Gasteiger partial charge in [0, 0.05) is 17.6 Å². The van der Waals surface area contributed by atoms with Gasteiger partial charge in [-0.15, -0.1) is 0 Å². The van der Waals surface area contributed by atoms with Gasteiger partial charge >= 0.3 is 0 Å². The summed E-state index contributed by atoms with van der Waals surface area (Å²) in [4.78, 5) is 0. The van der Waals surface area contributed by atoms with Crippen molar-refractivity contribution in [3.05, 3.63) is 47.0 Å². The second kappa shape index (κ2) is 4.83.